The van der Waals surface area contributed by atoms with Crippen LogP contribution in [0.4, 0.5) is 14.6 Å². The van der Waals surface area contributed by atoms with E-state index >= 15 is 0 Å². The van der Waals surface area contributed by atoms with Crippen LogP contribution < -0.4 is 15.7 Å². The molecule has 5 aromatic rings. The molecule has 0 saturated carbocycles. The number of phenols is 1. The summed E-state index contributed by atoms with van der Waals surface area (Å²) in [5.41, 5.74) is 1.65. The second-order valence-corrected chi connectivity index (χ2v) is 13.1. The lowest BCUT2D eigenvalue weighted by atomic mass is 9.98. The van der Waals surface area contributed by atoms with E-state index < -0.39 is 17.6 Å². The normalized spacial score (nSPS) is 20.7. The number of anilines is 1. The second kappa shape index (κ2) is 12.5. The number of rotatable bonds is 4. The Hall–Kier alpha value is -4.22. The Morgan fingerprint density at radius 3 is 2.80 bits per heavy atom. The molecule has 0 aliphatic carbocycles. The van der Waals surface area contributed by atoms with E-state index in [9.17, 15) is 18.7 Å². The predicted octanol–water partition coefficient (Wildman–Crippen LogP) is 6.89. The zero-order valence-corrected chi connectivity index (χ0v) is 26.4. The molecule has 5 heterocycles. The Labute approximate surface area is 268 Å². The summed E-state index contributed by atoms with van der Waals surface area (Å²) >= 11 is 1.74. The topological polar surface area (TPSA) is 101 Å². The lowest BCUT2D eigenvalue weighted by Crippen LogP contribution is -2.29. The van der Waals surface area contributed by atoms with Crippen LogP contribution in [0.5, 0.6) is 11.8 Å². The Kier molecular flexibility index (Phi) is 8.29. The molecule has 2 saturated heterocycles. The number of alkyl halides is 1. The van der Waals surface area contributed by atoms with Crippen LogP contribution in [0.1, 0.15) is 30.4 Å². The van der Waals surface area contributed by atoms with Crippen LogP contribution in [0.25, 0.3) is 33.0 Å². The molecule has 3 aliphatic heterocycles. The highest BCUT2D eigenvalue weighted by Gasteiger charge is 2.34. The fourth-order valence-corrected chi connectivity index (χ4v) is 7.97. The molecule has 11 heteroatoms. The van der Waals surface area contributed by atoms with E-state index in [0.717, 1.165) is 25.1 Å². The van der Waals surface area contributed by atoms with Gasteiger partial charge in [0.1, 0.15) is 34.7 Å². The molecule has 0 radical (unpaired) electrons. The molecule has 238 valence electrons. The van der Waals surface area contributed by atoms with Crippen molar-refractivity contribution in [2.75, 3.05) is 31.3 Å². The molecular weight excluding hydrogens is 610 g/mol. The number of nitrogens with one attached hydrogen (secondary N) is 1. The third-order valence-electron chi connectivity index (χ3n) is 9.00. The van der Waals surface area contributed by atoms with Gasteiger partial charge in [-0.1, -0.05) is 30.3 Å². The number of ether oxygens (including phenoxy) is 1. The summed E-state index contributed by atoms with van der Waals surface area (Å²) in [6.45, 7) is 3.59. The number of phenolic OH excluding ortho intramolecular Hbond substituents is 1. The standard InChI is InChI=1S/C28H22FN3O4S.C7H12FN/c1-14-24-23(27(34)36-25(14)19-12-18(33)11-16-7-5-8-20(29)22(16)19)26(32-28(31-24)35-2)30-17-10-15-6-3-4-9-21(15)37-13-17;8-6-4-7-2-1-3-9(7)5-6/h3-9,11-12,17,33H,10,13H2,1-2H3,(H,30,31,32);6-7H,1-5H2. The molecule has 46 heavy (non-hydrogen) atoms. The second-order valence-electron chi connectivity index (χ2n) is 12.0. The minimum Gasteiger partial charge on any atom is -0.508 e. The highest BCUT2D eigenvalue weighted by molar-refractivity contribution is 7.99. The smallest absolute Gasteiger partial charge is 0.349 e. The van der Waals surface area contributed by atoms with Crippen molar-refractivity contribution in [1.29, 1.82) is 0 Å². The Balaban J connectivity index is 0.000000321. The van der Waals surface area contributed by atoms with E-state index in [1.165, 1.54) is 48.6 Å². The van der Waals surface area contributed by atoms with Crippen molar-refractivity contribution in [1.82, 2.24) is 14.9 Å². The highest BCUT2D eigenvalue weighted by atomic mass is 32.2. The summed E-state index contributed by atoms with van der Waals surface area (Å²) in [5.74, 6) is 0.668. The molecular formula is C35H34F2N4O4S. The molecule has 3 atom stereocenters. The zero-order valence-electron chi connectivity index (χ0n) is 25.6. The zero-order chi connectivity index (χ0) is 31.9. The van der Waals surface area contributed by atoms with Gasteiger partial charge in [0.25, 0.3) is 0 Å². The van der Waals surface area contributed by atoms with E-state index in [-0.39, 0.29) is 39.9 Å². The largest absolute Gasteiger partial charge is 0.508 e. The summed E-state index contributed by atoms with van der Waals surface area (Å²) in [7, 11) is 1.46. The van der Waals surface area contributed by atoms with Crippen LogP contribution in [0.2, 0.25) is 0 Å². The maximum Gasteiger partial charge on any atom is 0.349 e. The Morgan fingerprint density at radius 2 is 1.98 bits per heavy atom. The van der Waals surface area contributed by atoms with Crippen LogP contribution in [0.15, 0.2) is 68.7 Å². The van der Waals surface area contributed by atoms with Gasteiger partial charge in [0, 0.05) is 45.8 Å². The number of hydrogen-bond donors (Lipinski definition) is 2. The van der Waals surface area contributed by atoms with Crippen LogP contribution in [-0.2, 0) is 6.42 Å². The fraction of sp³-hybridized carbons (Fsp3) is 0.343. The highest BCUT2D eigenvalue weighted by Crippen LogP contribution is 2.38. The summed E-state index contributed by atoms with van der Waals surface area (Å²) in [4.78, 5) is 25.8. The average molecular weight is 645 g/mol. The molecule has 0 bridgehead atoms. The van der Waals surface area contributed by atoms with Gasteiger partial charge in [-0.2, -0.15) is 9.97 Å². The van der Waals surface area contributed by atoms with E-state index in [1.807, 2.05) is 12.1 Å². The SMILES string of the molecule is COc1nc(NC2CSc3ccccc3C2)c2c(=O)oc(-c3cc(O)cc4cccc(F)c34)c(C)c2n1.FC1CC2CCCN2C1. The molecule has 2 N–H and O–H groups in total. The van der Waals surface area contributed by atoms with Crippen molar-refractivity contribution in [3.63, 3.8) is 0 Å². The molecule has 3 unspecified atom stereocenters. The van der Waals surface area contributed by atoms with Crippen molar-refractivity contribution in [2.24, 2.45) is 0 Å². The van der Waals surface area contributed by atoms with Crippen LogP contribution in [-0.4, -0.2) is 64.2 Å². The van der Waals surface area contributed by atoms with Crippen molar-refractivity contribution in [3.8, 4) is 23.1 Å². The number of hydrogen-bond acceptors (Lipinski definition) is 9. The summed E-state index contributed by atoms with van der Waals surface area (Å²) in [6, 6.07) is 16.4. The van der Waals surface area contributed by atoms with Gasteiger partial charge >= 0.3 is 11.6 Å². The minimum atomic E-state index is -0.669. The van der Waals surface area contributed by atoms with Gasteiger partial charge in [-0.05, 0) is 74.4 Å². The number of nitrogens with zero attached hydrogens (tertiary/aromatic N) is 3. The number of methoxy groups -OCH3 is 1. The van der Waals surface area contributed by atoms with Gasteiger partial charge in [0.2, 0.25) is 0 Å². The third-order valence-corrected chi connectivity index (χ3v) is 10.3. The number of aromatic nitrogens is 2. The van der Waals surface area contributed by atoms with Crippen LogP contribution in [0, 0.1) is 12.7 Å². The number of thioether (sulfide) groups is 1. The van der Waals surface area contributed by atoms with Crippen LogP contribution >= 0.6 is 11.8 Å². The summed E-state index contributed by atoms with van der Waals surface area (Å²) < 4.78 is 38.6. The monoisotopic (exact) mass is 644 g/mol. The number of aryl methyl sites for hydroxylation is 1. The molecule has 3 aliphatic rings. The molecule has 2 aromatic heterocycles. The number of halogens is 2. The fourth-order valence-electron chi connectivity index (χ4n) is 6.87. The van der Waals surface area contributed by atoms with Crippen molar-refractivity contribution < 1.29 is 23.0 Å². The lowest BCUT2D eigenvalue weighted by molar-refractivity contribution is 0.292. The first kappa shape index (κ1) is 30.4. The predicted molar refractivity (Wildman–Crippen MR) is 176 cm³/mol. The molecule has 0 amide bonds. The average Bonchev–Trinajstić information content (AvgIpc) is 3.63. The maximum atomic E-state index is 14.9. The number of fused-ring (bicyclic) bond motifs is 4. The summed E-state index contributed by atoms with van der Waals surface area (Å²) in [5, 5.41) is 14.6. The molecule has 2 fully saturated rings. The number of aromatic hydroxyl groups is 1. The van der Waals surface area contributed by atoms with E-state index in [2.05, 4.69) is 32.3 Å². The van der Waals surface area contributed by atoms with E-state index in [0.29, 0.717) is 34.9 Å². The van der Waals surface area contributed by atoms with E-state index in [1.54, 1.807) is 30.8 Å². The van der Waals surface area contributed by atoms with Gasteiger partial charge < -0.3 is 19.6 Å². The molecule has 3 aromatic carbocycles. The third kappa shape index (κ3) is 5.78. The van der Waals surface area contributed by atoms with Gasteiger partial charge in [-0.25, -0.2) is 13.6 Å². The van der Waals surface area contributed by atoms with Gasteiger partial charge in [-0.3, -0.25) is 4.90 Å². The van der Waals surface area contributed by atoms with Crippen LogP contribution in [0.3, 0.4) is 0 Å². The van der Waals surface area contributed by atoms with Crippen molar-refractivity contribution in [3.05, 3.63) is 82.0 Å². The number of benzene rings is 3. The molecule has 0 spiro atoms. The van der Waals surface area contributed by atoms with Crippen molar-refractivity contribution in [2.45, 2.75) is 55.8 Å². The first-order valence-electron chi connectivity index (χ1n) is 15.5. The molecule has 8 nitrogen and oxygen atoms in total. The Bertz CT molecular complexity index is 1990. The first-order chi connectivity index (χ1) is 22.3. The van der Waals surface area contributed by atoms with Crippen molar-refractivity contribution >= 4 is 39.3 Å². The van der Waals surface area contributed by atoms with Gasteiger partial charge in [0.15, 0.2) is 0 Å². The summed E-state index contributed by atoms with van der Waals surface area (Å²) in [6.07, 6.45) is 3.58. The maximum absolute atomic E-state index is 14.9. The van der Waals surface area contributed by atoms with E-state index in [4.69, 9.17) is 9.15 Å². The molecule has 8 rings (SSSR count). The minimum absolute atomic E-state index is 0.0196. The first-order valence-corrected chi connectivity index (χ1v) is 16.4. The Morgan fingerprint density at radius 1 is 1.13 bits per heavy atom. The quantitative estimate of drug-likeness (QED) is 0.217. The van der Waals surface area contributed by atoms with Gasteiger partial charge in [0.05, 0.1) is 12.6 Å². The lowest BCUT2D eigenvalue weighted by Gasteiger charge is -2.25. The van der Waals surface area contributed by atoms with Gasteiger partial charge in [-0.15, -0.1) is 11.8 Å².